The second-order valence-corrected chi connectivity index (χ2v) is 5.82. The average Bonchev–Trinajstić information content (AvgIpc) is 2.68. The largest absolute Gasteiger partial charge is 0.481 e. The van der Waals surface area contributed by atoms with Crippen LogP contribution in [0.4, 0.5) is 5.69 Å². The average molecular weight is 363 g/mol. The summed E-state index contributed by atoms with van der Waals surface area (Å²) < 4.78 is 5.65. The highest BCUT2D eigenvalue weighted by Gasteiger charge is 2.15. The fourth-order valence-electron chi connectivity index (χ4n) is 2.52. The van der Waals surface area contributed by atoms with Gasteiger partial charge in [-0.15, -0.1) is 0 Å². The van der Waals surface area contributed by atoms with Crippen LogP contribution in [0, 0.1) is 10.1 Å². The summed E-state index contributed by atoms with van der Waals surface area (Å²) in [5.74, 6) is 0.108. The van der Waals surface area contributed by atoms with Gasteiger partial charge in [-0.25, -0.2) is 5.43 Å². The van der Waals surface area contributed by atoms with Gasteiger partial charge in [0.15, 0.2) is 6.10 Å². The predicted octanol–water partition coefficient (Wildman–Crippen LogP) is 3.67. The van der Waals surface area contributed by atoms with E-state index in [1.165, 1.54) is 12.3 Å². The molecule has 1 atom stereocenters. The van der Waals surface area contributed by atoms with E-state index in [0.717, 1.165) is 10.8 Å². The number of hydrogen-bond acceptors (Lipinski definition) is 5. The number of benzene rings is 3. The number of nitro benzene ring substituents is 1. The summed E-state index contributed by atoms with van der Waals surface area (Å²) in [7, 11) is 0. The maximum absolute atomic E-state index is 12.1. The number of carbonyl (C=O) groups is 1. The molecule has 7 nitrogen and oxygen atoms in total. The number of hydrogen-bond donors (Lipinski definition) is 1. The molecular weight excluding hydrogens is 346 g/mol. The van der Waals surface area contributed by atoms with Crippen molar-refractivity contribution in [2.75, 3.05) is 0 Å². The molecule has 0 saturated carbocycles. The molecule has 0 aliphatic rings. The van der Waals surface area contributed by atoms with Crippen LogP contribution in [0.15, 0.2) is 71.8 Å². The van der Waals surface area contributed by atoms with E-state index < -0.39 is 16.9 Å². The standard InChI is InChI=1S/C20H17N3O4/c1-14(27-18-11-10-15-6-2-3-7-16(15)12-18)20(24)22-21-13-17-8-4-5-9-19(17)23(25)26/h2-14H,1H3,(H,22,24)/b21-13-/t14-/m0/s1. The van der Waals surface area contributed by atoms with Gasteiger partial charge in [0, 0.05) is 6.07 Å². The van der Waals surface area contributed by atoms with Crippen LogP contribution < -0.4 is 10.2 Å². The second-order valence-electron chi connectivity index (χ2n) is 5.82. The molecule has 3 aromatic carbocycles. The Morgan fingerprint density at radius 2 is 1.81 bits per heavy atom. The molecule has 0 aliphatic heterocycles. The van der Waals surface area contributed by atoms with E-state index in [2.05, 4.69) is 10.5 Å². The molecule has 0 bridgehead atoms. The van der Waals surface area contributed by atoms with E-state index in [1.807, 2.05) is 36.4 Å². The van der Waals surface area contributed by atoms with Crippen LogP contribution in [-0.2, 0) is 4.79 Å². The minimum absolute atomic E-state index is 0.0871. The van der Waals surface area contributed by atoms with E-state index in [1.54, 1.807) is 31.2 Å². The van der Waals surface area contributed by atoms with Crippen LogP contribution in [0.1, 0.15) is 12.5 Å². The van der Waals surface area contributed by atoms with Crippen molar-refractivity contribution in [3.8, 4) is 5.75 Å². The summed E-state index contributed by atoms with van der Waals surface area (Å²) in [6.07, 6.45) is 0.452. The molecule has 0 fully saturated rings. The third-order valence-corrected chi connectivity index (χ3v) is 3.91. The fraction of sp³-hybridized carbons (Fsp3) is 0.100. The van der Waals surface area contributed by atoms with Crippen molar-refractivity contribution in [3.05, 3.63) is 82.4 Å². The number of fused-ring (bicyclic) bond motifs is 1. The second kappa shape index (κ2) is 8.09. The number of ether oxygens (including phenoxy) is 1. The van der Waals surface area contributed by atoms with Crippen LogP contribution >= 0.6 is 0 Å². The van der Waals surface area contributed by atoms with Crippen molar-refractivity contribution in [1.29, 1.82) is 0 Å². The zero-order valence-corrected chi connectivity index (χ0v) is 14.5. The van der Waals surface area contributed by atoms with Gasteiger partial charge >= 0.3 is 0 Å². The number of rotatable bonds is 6. The van der Waals surface area contributed by atoms with Crippen molar-refractivity contribution in [2.45, 2.75) is 13.0 Å². The van der Waals surface area contributed by atoms with Gasteiger partial charge < -0.3 is 4.74 Å². The maximum Gasteiger partial charge on any atom is 0.280 e. The highest BCUT2D eigenvalue weighted by Crippen LogP contribution is 2.21. The molecule has 0 aromatic heterocycles. The van der Waals surface area contributed by atoms with Gasteiger partial charge in [-0.3, -0.25) is 14.9 Å². The molecule has 1 amide bonds. The first kappa shape index (κ1) is 18.1. The third-order valence-electron chi connectivity index (χ3n) is 3.91. The predicted molar refractivity (Wildman–Crippen MR) is 103 cm³/mol. The molecule has 27 heavy (non-hydrogen) atoms. The SMILES string of the molecule is C[C@H](Oc1ccc2ccccc2c1)C(=O)N/N=C\c1ccccc1[N+](=O)[O-]. The molecule has 1 N–H and O–H groups in total. The first-order valence-corrected chi connectivity index (χ1v) is 8.26. The van der Waals surface area contributed by atoms with Crippen molar-refractivity contribution >= 4 is 28.6 Å². The smallest absolute Gasteiger partial charge is 0.280 e. The van der Waals surface area contributed by atoms with Crippen LogP contribution in [0.5, 0.6) is 5.75 Å². The molecule has 0 radical (unpaired) electrons. The van der Waals surface area contributed by atoms with Gasteiger partial charge in [-0.1, -0.05) is 42.5 Å². The summed E-state index contributed by atoms with van der Waals surface area (Å²) in [4.78, 5) is 22.6. The lowest BCUT2D eigenvalue weighted by molar-refractivity contribution is -0.385. The van der Waals surface area contributed by atoms with E-state index in [4.69, 9.17) is 4.74 Å². The summed E-state index contributed by atoms with van der Waals surface area (Å²) in [6.45, 7) is 1.60. The Morgan fingerprint density at radius 3 is 2.59 bits per heavy atom. The van der Waals surface area contributed by atoms with E-state index in [-0.39, 0.29) is 5.69 Å². The molecule has 3 rings (SSSR count). The quantitative estimate of drug-likeness (QED) is 0.411. The normalized spacial score (nSPS) is 12.0. The Balaban J connectivity index is 1.63. The Morgan fingerprint density at radius 1 is 1.11 bits per heavy atom. The number of amides is 1. The van der Waals surface area contributed by atoms with E-state index in [9.17, 15) is 14.9 Å². The van der Waals surface area contributed by atoms with E-state index >= 15 is 0 Å². The topological polar surface area (TPSA) is 93.8 Å². The Bertz CT molecular complexity index is 1020. The molecule has 0 spiro atoms. The number of para-hydroxylation sites is 1. The van der Waals surface area contributed by atoms with Gasteiger partial charge in [-0.05, 0) is 35.9 Å². The van der Waals surface area contributed by atoms with E-state index in [0.29, 0.717) is 11.3 Å². The highest BCUT2D eigenvalue weighted by atomic mass is 16.6. The number of nitro groups is 1. The minimum Gasteiger partial charge on any atom is -0.481 e. The molecule has 0 aliphatic carbocycles. The number of hydrazone groups is 1. The zero-order chi connectivity index (χ0) is 19.2. The summed E-state index contributed by atoms with van der Waals surface area (Å²) in [5.41, 5.74) is 2.55. The van der Waals surface area contributed by atoms with Crippen LogP contribution in [0.25, 0.3) is 10.8 Å². The highest BCUT2D eigenvalue weighted by molar-refractivity contribution is 5.87. The molecule has 7 heteroatoms. The van der Waals surface area contributed by atoms with Gasteiger partial charge in [-0.2, -0.15) is 5.10 Å². The Labute approximate surface area is 155 Å². The van der Waals surface area contributed by atoms with Gasteiger partial charge in [0.2, 0.25) is 0 Å². The molecular formula is C20H17N3O4. The van der Waals surface area contributed by atoms with Crippen molar-refractivity contribution in [3.63, 3.8) is 0 Å². The first-order chi connectivity index (χ1) is 13.0. The number of nitrogens with zero attached hydrogens (tertiary/aromatic N) is 2. The Kier molecular flexibility index (Phi) is 5.41. The molecule has 0 unspecified atom stereocenters. The minimum atomic E-state index is -0.783. The van der Waals surface area contributed by atoms with Crippen molar-refractivity contribution < 1.29 is 14.5 Å². The van der Waals surface area contributed by atoms with Crippen LogP contribution in [0.2, 0.25) is 0 Å². The third kappa shape index (κ3) is 4.46. The number of nitrogens with one attached hydrogen (secondary N) is 1. The monoisotopic (exact) mass is 363 g/mol. The van der Waals surface area contributed by atoms with Crippen LogP contribution in [-0.4, -0.2) is 23.1 Å². The Hall–Kier alpha value is -3.74. The summed E-state index contributed by atoms with van der Waals surface area (Å²) >= 11 is 0. The lowest BCUT2D eigenvalue weighted by Gasteiger charge is -2.13. The van der Waals surface area contributed by atoms with Gasteiger partial charge in [0.25, 0.3) is 11.6 Å². The maximum atomic E-state index is 12.1. The van der Waals surface area contributed by atoms with Gasteiger partial charge in [0.05, 0.1) is 16.7 Å². The molecule has 136 valence electrons. The molecule has 0 heterocycles. The number of carbonyl (C=O) groups excluding carboxylic acids is 1. The fourth-order valence-corrected chi connectivity index (χ4v) is 2.52. The summed E-state index contributed by atoms with van der Waals surface area (Å²) in [5, 5.41) is 16.8. The molecule has 3 aromatic rings. The van der Waals surface area contributed by atoms with Gasteiger partial charge in [0.1, 0.15) is 5.75 Å². The lowest BCUT2D eigenvalue weighted by Crippen LogP contribution is -2.33. The summed E-state index contributed by atoms with van der Waals surface area (Å²) in [6, 6.07) is 19.5. The zero-order valence-electron chi connectivity index (χ0n) is 14.5. The molecule has 0 saturated heterocycles. The first-order valence-electron chi connectivity index (χ1n) is 8.26. The van der Waals surface area contributed by atoms with Crippen LogP contribution in [0.3, 0.4) is 0 Å². The van der Waals surface area contributed by atoms with Crippen molar-refractivity contribution in [1.82, 2.24) is 5.43 Å². The lowest BCUT2D eigenvalue weighted by atomic mass is 10.1. The van der Waals surface area contributed by atoms with Crippen molar-refractivity contribution in [2.24, 2.45) is 5.10 Å².